The summed E-state index contributed by atoms with van der Waals surface area (Å²) in [5, 5.41) is 6.29. The highest BCUT2D eigenvalue weighted by Crippen LogP contribution is 2.41. The predicted octanol–water partition coefficient (Wildman–Crippen LogP) is 3.84. The first kappa shape index (κ1) is 12.9. The molecule has 1 aromatic heterocycles. The molecule has 1 saturated heterocycles. The third-order valence-electron chi connectivity index (χ3n) is 3.73. The molecular formula is C15H14ClNOS. The molecule has 1 fully saturated rings. The van der Waals surface area contributed by atoms with E-state index in [0.29, 0.717) is 0 Å². The Morgan fingerprint density at radius 1 is 1.37 bits per heavy atom. The van der Waals surface area contributed by atoms with Crippen LogP contribution in [-0.2, 0) is 5.54 Å². The first-order valence-corrected chi connectivity index (χ1v) is 7.56. The molecule has 1 aromatic carbocycles. The van der Waals surface area contributed by atoms with Crippen LogP contribution in [0.4, 0.5) is 0 Å². The van der Waals surface area contributed by atoms with E-state index in [1.807, 2.05) is 29.6 Å². The van der Waals surface area contributed by atoms with E-state index < -0.39 is 0 Å². The van der Waals surface area contributed by atoms with Crippen molar-refractivity contribution in [1.82, 2.24) is 5.32 Å². The molecular weight excluding hydrogens is 278 g/mol. The zero-order chi connectivity index (χ0) is 13.3. The first-order valence-electron chi connectivity index (χ1n) is 6.30. The van der Waals surface area contributed by atoms with E-state index in [4.69, 9.17) is 11.6 Å². The normalized spacial score (nSPS) is 22.6. The molecule has 1 N–H and O–H groups in total. The lowest BCUT2D eigenvalue weighted by Crippen LogP contribution is -2.38. The molecule has 3 rings (SSSR count). The third kappa shape index (κ3) is 2.12. The minimum atomic E-state index is -0.263. The van der Waals surface area contributed by atoms with Gasteiger partial charge in [-0.05, 0) is 54.1 Å². The van der Waals surface area contributed by atoms with Gasteiger partial charge >= 0.3 is 0 Å². The molecule has 4 heteroatoms. The summed E-state index contributed by atoms with van der Waals surface area (Å²) in [6.07, 6.45) is 3.04. The zero-order valence-electron chi connectivity index (χ0n) is 10.4. The average Bonchev–Trinajstić information content (AvgIpc) is 3.08. The second kappa shape index (κ2) is 5.08. The van der Waals surface area contributed by atoms with Crippen LogP contribution in [0.1, 0.15) is 33.6 Å². The number of hydrogen-bond donors (Lipinski definition) is 1. The molecule has 0 saturated carbocycles. The number of aldehydes is 1. The van der Waals surface area contributed by atoms with Crippen LogP contribution in [-0.4, -0.2) is 12.8 Å². The highest BCUT2D eigenvalue weighted by Gasteiger charge is 2.39. The van der Waals surface area contributed by atoms with Crippen LogP contribution in [0, 0.1) is 0 Å². The van der Waals surface area contributed by atoms with E-state index >= 15 is 0 Å². The van der Waals surface area contributed by atoms with Crippen molar-refractivity contribution in [2.24, 2.45) is 0 Å². The van der Waals surface area contributed by atoms with Crippen molar-refractivity contribution < 1.29 is 4.79 Å². The maximum absolute atomic E-state index is 11.2. The van der Waals surface area contributed by atoms with Crippen LogP contribution in [0.3, 0.4) is 0 Å². The zero-order valence-corrected chi connectivity index (χ0v) is 11.9. The van der Waals surface area contributed by atoms with Gasteiger partial charge in [0, 0.05) is 5.02 Å². The van der Waals surface area contributed by atoms with Crippen molar-refractivity contribution in [3.05, 3.63) is 56.7 Å². The van der Waals surface area contributed by atoms with Gasteiger partial charge in [-0.1, -0.05) is 23.7 Å². The second-order valence-corrected chi connectivity index (χ2v) is 6.15. The Morgan fingerprint density at radius 3 is 2.95 bits per heavy atom. The van der Waals surface area contributed by atoms with E-state index in [9.17, 15) is 4.79 Å². The van der Waals surface area contributed by atoms with Crippen LogP contribution < -0.4 is 5.32 Å². The molecule has 0 aliphatic carbocycles. The molecule has 19 heavy (non-hydrogen) atoms. The summed E-state index contributed by atoms with van der Waals surface area (Å²) in [6, 6.07) is 9.96. The smallest absolute Gasteiger partial charge is 0.160 e. The molecule has 1 unspecified atom stereocenters. The second-order valence-electron chi connectivity index (χ2n) is 4.76. The van der Waals surface area contributed by atoms with Crippen LogP contribution in [0.25, 0.3) is 0 Å². The first-order chi connectivity index (χ1) is 9.26. The molecule has 0 radical (unpaired) electrons. The van der Waals surface area contributed by atoms with Gasteiger partial charge in [0.25, 0.3) is 0 Å². The third-order valence-corrected chi connectivity index (χ3v) is 4.81. The number of rotatable bonds is 3. The predicted molar refractivity (Wildman–Crippen MR) is 79.2 cm³/mol. The van der Waals surface area contributed by atoms with Gasteiger partial charge in [0.2, 0.25) is 0 Å². The lowest BCUT2D eigenvalue weighted by molar-refractivity contribution is 0.112. The van der Waals surface area contributed by atoms with E-state index in [2.05, 4.69) is 11.4 Å². The average molecular weight is 292 g/mol. The standard InChI is InChI=1S/C15H14ClNOS/c16-12-4-1-3-11(9-12)15(6-2-7-17-15)13-5-8-19-14(13)10-18/h1,3-5,8-10,17H,2,6-7H2. The summed E-state index contributed by atoms with van der Waals surface area (Å²) < 4.78 is 0. The fraction of sp³-hybridized carbons (Fsp3) is 0.267. The number of benzene rings is 1. The number of carbonyl (C=O) groups is 1. The maximum atomic E-state index is 11.2. The van der Waals surface area contributed by atoms with Gasteiger partial charge in [-0.25, -0.2) is 0 Å². The summed E-state index contributed by atoms with van der Waals surface area (Å²) >= 11 is 7.62. The maximum Gasteiger partial charge on any atom is 0.160 e. The molecule has 1 aliphatic heterocycles. The Morgan fingerprint density at radius 2 is 2.26 bits per heavy atom. The number of carbonyl (C=O) groups excluding carboxylic acids is 1. The van der Waals surface area contributed by atoms with Crippen molar-refractivity contribution in [3.63, 3.8) is 0 Å². The van der Waals surface area contributed by atoms with Crippen molar-refractivity contribution >= 4 is 29.2 Å². The molecule has 0 bridgehead atoms. The summed E-state index contributed by atoms with van der Waals surface area (Å²) in [5.41, 5.74) is 1.95. The molecule has 2 nitrogen and oxygen atoms in total. The molecule has 0 spiro atoms. The fourth-order valence-corrected chi connectivity index (χ4v) is 3.86. The lowest BCUT2D eigenvalue weighted by atomic mass is 9.82. The Kier molecular flexibility index (Phi) is 3.44. The van der Waals surface area contributed by atoms with E-state index in [1.165, 1.54) is 11.3 Å². The summed E-state index contributed by atoms with van der Waals surface area (Å²) in [6.45, 7) is 0.959. The number of halogens is 1. The molecule has 1 aliphatic rings. The van der Waals surface area contributed by atoms with Crippen LogP contribution in [0.15, 0.2) is 35.7 Å². The Bertz CT molecular complexity index is 602. The molecule has 0 amide bonds. The minimum absolute atomic E-state index is 0.263. The monoisotopic (exact) mass is 291 g/mol. The van der Waals surface area contributed by atoms with Gasteiger partial charge in [-0.3, -0.25) is 4.79 Å². The molecule has 98 valence electrons. The minimum Gasteiger partial charge on any atom is -0.304 e. The van der Waals surface area contributed by atoms with Crippen molar-refractivity contribution in [1.29, 1.82) is 0 Å². The van der Waals surface area contributed by atoms with Crippen LogP contribution >= 0.6 is 22.9 Å². The van der Waals surface area contributed by atoms with Gasteiger partial charge < -0.3 is 5.32 Å². The van der Waals surface area contributed by atoms with Gasteiger partial charge in [0.15, 0.2) is 6.29 Å². The number of thiophene rings is 1. The fourth-order valence-electron chi connectivity index (χ4n) is 2.89. The van der Waals surface area contributed by atoms with E-state index in [0.717, 1.165) is 46.7 Å². The Balaban J connectivity index is 2.17. The van der Waals surface area contributed by atoms with Crippen LogP contribution in [0.2, 0.25) is 5.02 Å². The number of hydrogen-bond acceptors (Lipinski definition) is 3. The highest BCUT2D eigenvalue weighted by molar-refractivity contribution is 7.11. The van der Waals surface area contributed by atoms with Crippen molar-refractivity contribution in [3.8, 4) is 0 Å². The van der Waals surface area contributed by atoms with Gasteiger partial charge in [0.05, 0.1) is 10.4 Å². The highest BCUT2D eigenvalue weighted by atomic mass is 35.5. The lowest BCUT2D eigenvalue weighted by Gasteiger charge is -2.30. The van der Waals surface area contributed by atoms with Gasteiger partial charge in [-0.15, -0.1) is 11.3 Å². The van der Waals surface area contributed by atoms with Crippen molar-refractivity contribution in [2.75, 3.05) is 6.54 Å². The topological polar surface area (TPSA) is 29.1 Å². The number of nitrogens with one attached hydrogen (secondary N) is 1. The Labute approximate surface area is 121 Å². The summed E-state index contributed by atoms with van der Waals surface area (Å²) in [4.78, 5) is 12.0. The van der Waals surface area contributed by atoms with Gasteiger partial charge in [-0.2, -0.15) is 0 Å². The molecule has 2 heterocycles. The largest absolute Gasteiger partial charge is 0.304 e. The van der Waals surface area contributed by atoms with Crippen molar-refractivity contribution in [2.45, 2.75) is 18.4 Å². The summed E-state index contributed by atoms with van der Waals surface area (Å²) in [7, 11) is 0. The van der Waals surface area contributed by atoms with Gasteiger partial charge in [0.1, 0.15) is 0 Å². The Hall–Kier alpha value is -1.16. The molecule has 2 aromatic rings. The van der Waals surface area contributed by atoms with Crippen LogP contribution in [0.5, 0.6) is 0 Å². The quantitative estimate of drug-likeness (QED) is 0.871. The van der Waals surface area contributed by atoms with E-state index in [-0.39, 0.29) is 5.54 Å². The van der Waals surface area contributed by atoms with E-state index in [1.54, 1.807) is 0 Å². The SMILES string of the molecule is O=Cc1sccc1C1(c2cccc(Cl)c2)CCCN1. The molecule has 1 atom stereocenters. The summed E-state index contributed by atoms with van der Waals surface area (Å²) in [5.74, 6) is 0.